The van der Waals surface area contributed by atoms with Gasteiger partial charge in [-0.25, -0.2) is 4.98 Å². The lowest BCUT2D eigenvalue weighted by Gasteiger charge is -2.11. The van der Waals surface area contributed by atoms with E-state index in [1.54, 1.807) is 0 Å². The number of ether oxygens (including phenoxy) is 1. The number of hydrogen-bond acceptors (Lipinski definition) is 3. The van der Waals surface area contributed by atoms with Gasteiger partial charge in [0.15, 0.2) is 5.96 Å². The van der Waals surface area contributed by atoms with Gasteiger partial charge in [0.1, 0.15) is 5.82 Å². The Kier molecular flexibility index (Phi) is 11.3. The summed E-state index contributed by atoms with van der Waals surface area (Å²) in [7, 11) is 0. The fourth-order valence-corrected chi connectivity index (χ4v) is 2.41. The van der Waals surface area contributed by atoms with Crippen molar-refractivity contribution in [2.45, 2.75) is 33.6 Å². The van der Waals surface area contributed by atoms with Crippen LogP contribution in [0.4, 0.5) is 0 Å². The molecule has 26 heavy (non-hydrogen) atoms. The number of nitrogens with one attached hydrogen (secondary N) is 3. The summed E-state index contributed by atoms with van der Waals surface area (Å²) >= 11 is 0. The maximum Gasteiger partial charge on any atom is 0.191 e. The number of nitrogens with zero attached hydrogens (tertiary/aromatic N) is 2. The number of aromatic amines is 1. The van der Waals surface area contributed by atoms with E-state index in [4.69, 9.17) is 4.74 Å². The molecule has 2 aromatic rings. The predicted octanol–water partition coefficient (Wildman–Crippen LogP) is 3.34. The van der Waals surface area contributed by atoms with Crippen LogP contribution < -0.4 is 10.6 Å². The van der Waals surface area contributed by atoms with Crippen LogP contribution in [-0.4, -0.2) is 48.8 Å². The molecule has 0 unspecified atom stereocenters. The van der Waals surface area contributed by atoms with Gasteiger partial charge in [-0.2, -0.15) is 0 Å². The SMILES string of the molecule is CCNC(=NCCOCCC(C)C)NCCc1nc2ccccc2[nH]1.I. The number of benzene rings is 1. The van der Waals surface area contributed by atoms with Crippen LogP contribution >= 0.6 is 24.0 Å². The molecule has 0 amide bonds. The maximum absolute atomic E-state index is 5.60. The van der Waals surface area contributed by atoms with E-state index in [0.717, 1.165) is 55.4 Å². The van der Waals surface area contributed by atoms with Crippen molar-refractivity contribution in [2.24, 2.45) is 10.9 Å². The molecule has 0 saturated heterocycles. The number of fused-ring (bicyclic) bond motifs is 1. The second-order valence-corrected chi connectivity index (χ2v) is 6.43. The number of para-hydroxylation sites is 2. The van der Waals surface area contributed by atoms with E-state index in [-0.39, 0.29) is 24.0 Å². The zero-order chi connectivity index (χ0) is 17.9. The van der Waals surface area contributed by atoms with E-state index in [9.17, 15) is 0 Å². The van der Waals surface area contributed by atoms with Crippen molar-refractivity contribution in [3.05, 3.63) is 30.1 Å². The van der Waals surface area contributed by atoms with Crippen molar-refractivity contribution in [1.29, 1.82) is 0 Å². The Morgan fingerprint density at radius 2 is 2.04 bits per heavy atom. The molecule has 146 valence electrons. The summed E-state index contributed by atoms with van der Waals surface area (Å²) in [5.74, 6) is 2.49. The van der Waals surface area contributed by atoms with Crippen LogP contribution in [0.15, 0.2) is 29.3 Å². The molecule has 0 saturated carbocycles. The Morgan fingerprint density at radius 3 is 2.77 bits per heavy atom. The van der Waals surface area contributed by atoms with Crippen LogP contribution in [0.5, 0.6) is 0 Å². The van der Waals surface area contributed by atoms with Crippen molar-refractivity contribution >= 4 is 41.0 Å². The standard InChI is InChI=1S/C19H31N5O.HI/c1-4-20-19(22-12-14-25-13-10-15(2)3)21-11-9-18-23-16-7-5-6-8-17(16)24-18;/h5-8,15H,4,9-14H2,1-3H3,(H,23,24)(H2,20,21,22);1H. The van der Waals surface area contributed by atoms with Gasteiger partial charge in [0.05, 0.1) is 24.2 Å². The minimum absolute atomic E-state index is 0. The third-order valence-electron chi connectivity index (χ3n) is 3.78. The van der Waals surface area contributed by atoms with Crippen molar-refractivity contribution < 1.29 is 4.74 Å². The molecule has 0 aliphatic heterocycles. The number of rotatable bonds is 10. The lowest BCUT2D eigenvalue weighted by molar-refractivity contribution is 0.130. The molecule has 2 rings (SSSR count). The number of guanidine groups is 1. The Labute approximate surface area is 173 Å². The fraction of sp³-hybridized carbons (Fsp3) is 0.579. The Balaban J connectivity index is 0.00000338. The predicted molar refractivity (Wildman–Crippen MR) is 119 cm³/mol. The van der Waals surface area contributed by atoms with Crippen molar-refractivity contribution in [3.63, 3.8) is 0 Å². The van der Waals surface area contributed by atoms with Crippen molar-refractivity contribution in [2.75, 3.05) is 32.8 Å². The highest BCUT2D eigenvalue weighted by atomic mass is 127. The van der Waals surface area contributed by atoms with Crippen LogP contribution in [0.2, 0.25) is 0 Å². The van der Waals surface area contributed by atoms with Gasteiger partial charge in [-0.05, 0) is 31.4 Å². The van der Waals surface area contributed by atoms with Crippen LogP contribution in [0.3, 0.4) is 0 Å². The molecule has 6 nitrogen and oxygen atoms in total. The van der Waals surface area contributed by atoms with Gasteiger partial charge in [-0.3, -0.25) is 4.99 Å². The molecule has 0 bridgehead atoms. The van der Waals surface area contributed by atoms with Gasteiger partial charge in [0, 0.05) is 26.1 Å². The summed E-state index contributed by atoms with van der Waals surface area (Å²) in [6.45, 7) is 10.2. The van der Waals surface area contributed by atoms with E-state index in [1.807, 2.05) is 24.3 Å². The average Bonchev–Trinajstić information content (AvgIpc) is 3.00. The second kappa shape index (κ2) is 12.9. The first-order chi connectivity index (χ1) is 12.2. The summed E-state index contributed by atoms with van der Waals surface area (Å²) in [5.41, 5.74) is 2.09. The first-order valence-electron chi connectivity index (χ1n) is 9.22. The van der Waals surface area contributed by atoms with Crippen LogP contribution in [0, 0.1) is 5.92 Å². The zero-order valence-electron chi connectivity index (χ0n) is 16.0. The van der Waals surface area contributed by atoms with E-state index in [1.165, 1.54) is 0 Å². The Bertz CT molecular complexity index is 623. The van der Waals surface area contributed by atoms with Crippen LogP contribution in [-0.2, 0) is 11.2 Å². The molecule has 0 aliphatic rings. The summed E-state index contributed by atoms with van der Waals surface area (Å²) in [5, 5.41) is 6.60. The molecule has 0 fully saturated rings. The van der Waals surface area contributed by atoms with E-state index in [0.29, 0.717) is 19.1 Å². The van der Waals surface area contributed by atoms with E-state index in [2.05, 4.69) is 46.4 Å². The van der Waals surface area contributed by atoms with Gasteiger partial charge >= 0.3 is 0 Å². The van der Waals surface area contributed by atoms with Crippen molar-refractivity contribution in [1.82, 2.24) is 20.6 Å². The second-order valence-electron chi connectivity index (χ2n) is 6.43. The fourth-order valence-electron chi connectivity index (χ4n) is 2.41. The monoisotopic (exact) mass is 473 g/mol. The Morgan fingerprint density at radius 1 is 1.23 bits per heavy atom. The summed E-state index contributed by atoms with van der Waals surface area (Å²) in [4.78, 5) is 12.5. The molecule has 3 N–H and O–H groups in total. The zero-order valence-corrected chi connectivity index (χ0v) is 18.4. The number of aromatic nitrogens is 2. The number of H-pyrrole nitrogens is 1. The summed E-state index contributed by atoms with van der Waals surface area (Å²) in [6.07, 6.45) is 1.92. The Hall–Kier alpha value is -1.35. The number of halogens is 1. The molecule has 0 radical (unpaired) electrons. The van der Waals surface area contributed by atoms with Gasteiger partial charge in [-0.15, -0.1) is 24.0 Å². The highest BCUT2D eigenvalue weighted by Gasteiger charge is 2.03. The molecule has 1 aromatic carbocycles. The molecule has 0 aliphatic carbocycles. The third-order valence-corrected chi connectivity index (χ3v) is 3.78. The highest BCUT2D eigenvalue weighted by Crippen LogP contribution is 2.10. The molecular weight excluding hydrogens is 441 g/mol. The van der Waals surface area contributed by atoms with E-state index < -0.39 is 0 Å². The highest BCUT2D eigenvalue weighted by molar-refractivity contribution is 14.0. The molecular formula is C19H32IN5O. The number of imidazole rings is 1. The maximum atomic E-state index is 5.60. The lowest BCUT2D eigenvalue weighted by atomic mass is 10.1. The quantitative estimate of drug-likeness (QED) is 0.214. The average molecular weight is 473 g/mol. The lowest BCUT2D eigenvalue weighted by Crippen LogP contribution is -2.38. The third kappa shape index (κ3) is 8.35. The molecule has 0 atom stereocenters. The smallest absolute Gasteiger partial charge is 0.191 e. The van der Waals surface area contributed by atoms with Gasteiger partial charge in [0.25, 0.3) is 0 Å². The largest absolute Gasteiger partial charge is 0.380 e. The van der Waals surface area contributed by atoms with Gasteiger partial charge < -0.3 is 20.4 Å². The summed E-state index contributed by atoms with van der Waals surface area (Å²) < 4.78 is 5.60. The minimum atomic E-state index is 0. The topological polar surface area (TPSA) is 74.3 Å². The molecule has 1 aromatic heterocycles. The number of aliphatic imine (C=N–C) groups is 1. The first-order valence-corrected chi connectivity index (χ1v) is 9.22. The van der Waals surface area contributed by atoms with Crippen molar-refractivity contribution in [3.8, 4) is 0 Å². The van der Waals surface area contributed by atoms with Gasteiger partial charge in [-0.1, -0.05) is 26.0 Å². The molecule has 7 heteroatoms. The van der Waals surface area contributed by atoms with E-state index >= 15 is 0 Å². The molecule has 0 spiro atoms. The van der Waals surface area contributed by atoms with Gasteiger partial charge in [0.2, 0.25) is 0 Å². The molecule has 1 heterocycles. The normalized spacial score (nSPS) is 11.6. The van der Waals surface area contributed by atoms with Crippen LogP contribution in [0.25, 0.3) is 11.0 Å². The van der Waals surface area contributed by atoms with Crippen LogP contribution in [0.1, 0.15) is 33.0 Å². The number of hydrogen-bond donors (Lipinski definition) is 3. The summed E-state index contributed by atoms with van der Waals surface area (Å²) in [6, 6.07) is 8.09. The first kappa shape index (κ1) is 22.7. The minimum Gasteiger partial charge on any atom is -0.380 e.